The van der Waals surface area contributed by atoms with Crippen LogP contribution in [-0.4, -0.2) is 66.1 Å². The van der Waals surface area contributed by atoms with Crippen LogP contribution in [0.15, 0.2) is 23.0 Å². The number of aryl methyl sites for hydroxylation is 2. The topological polar surface area (TPSA) is 87.8 Å². The molecule has 0 saturated carbocycles. The summed E-state index contributed by atoms with van der Waals surface area (Å²) >= 11 is 1.67. The summed E-state index contributed by atoms with van der Waals surface area (Å²) in [7, 11) is 3.14. The molecular weight excluding hydrogens is 440 g/mol. The Hall–Kier alpha value is -2.91. The molecule has 5 rings (SSSR count). The molecule has 1 aromatic carbocycles. The number of piperazine rings is 1. The number of thiophene rings is 1. The van der Waals surface area contributed by atoms with Crippen LogP contribution < -0.4 is 15.0 Å². The maximum Gasteiger partial charge on any atom is 0.259 e. The van der Waals surface area contributed by atoms with Crippen molar-refractivity contribution in [2.24, 2.45) is 0 Å². The van der Waals surface area contributed by atoms with Crippen LogP contribution in [0.25, 0.3) is 10.2 Å². The van der Waals surface area contributed by atoms with Gasteiger partial charge in [0.15, 0.2) is 0 Å². The Morgan fingerprint density at radius 3 is 2.67 bits per heavy atom. The highest BCUT2D eigenvalue weighted by molar-refractivity contribution is 7.18. The molecule has 0 radical (unpaired) electrons. The molecule has 0 unspecified atom stereocenters. The summed E-state index contributed by atoms with van der Waals surface area (Å²) in [6, 6.07) is 5.24. The zero-order chi connectivity index (χ0) is 22.9. The lowest BCUT2D eigenvalue weighted by atomic mass is 9.97. The summed E-state index contributed by atoms with van der Waals surface area (Å²) in [4.78, 5) is 39.9. The van der Waals surface area contributed by atoms with Crippen LogP contribution >= 0.6 is 11.3 Å². The van der Waals surface area contributed by atoms with Gasteiger partial charge in [0.05, 0.1) is 31.7 Å². The molecule has 2 aliphatic rings. The average molecular weight is 469 g/mol. The van der Waals surface area contributed by atoms with Gasteiger partial charge >= 0.3 is 0 Å². The minimum atomic E-state index is -0.0497. The molecule has 33 heavy (non-hydrogen) atoms. The minimum absolute atomic E-state index is 0.0187. The quantitative estimate of drug-likeness (QED) is 0.620. The van der Waals surface area contributed by atoms with E-state index in [0.717, 1.165) is 29.5 Å². The number of rotatable bonds is 5. The van der Waals surface area contributed by atoms with Gasteiger partial charge in [0, 0.05) is 37.1 Å². The van der Waals surface area contributed by atoms with E-state index in [0.29, 0.717) is 55.6 Å². The highest BCUT2D eigenvalue weighted by Crippen LogP contribution is 2.33. The summed E-state index contributed by atoms with van der Waals surface area (Å²) in [5.41, 5.74) is 1.72. The molecule has 2 aromatic heterocycles. The Morgan fingerprint density at radius 2 is 1.91 bits per heavy atom. The van der Waals surface area contributed by atoms with Crippen molar-refractivity contribution < 1.29 is 14.3 Å². The zero-order valence-corrected chi connectivity index (χ0v) is 19.8. The number of carbonyl (C=O) groups excluding carboxylic acids is 1. The van der Waals surface area contributed by atoms with E-state index in [4.69, 9.17) is 14.5 Å². The highest BCUT2D eigenvalue weighted by atomic mass is 32.1. The van der Waals surface area contributed by atoms with Gasteiger partial charge in [-0.25, -0.2) is 4.98 Å². The molecule has 1 aliphatic heterocycles. The molecule has 1 aliphatic carbocycles. The molecule has 0 atom stereocenters. The van der Waals surface area contributed by atoms with Gasteiger partial charge < -0.3 is 19.4 Å². The number of nitrogens with one attached hydrogen (secondary N) is 1. The van der Waals surface area contributed by atoms with Crippen molar-refractivity contribution in [2.75, 3.05) is 40.4 Å². The number of carbonyl (C=O) groups is 1. The number of aromatic nitrogens is 2. The molecule has 1 amide bonds. The first-order valence-electron chi connectivity index (χ1n) is 11.3. The predicted molar refractivity (Wildman–Crippen MR) is 128 cm³/mol. The lowest BCUT2D eigenvalue weighted by Gasteiger charge is -2.34. The number of hydrogen-bond acceptors (Lipinski definition) is 7. The third-order valence-electron chi connectivity index (χ3n) is 6.55. The van der Waals surface area contributed by atoms with Crippen molar-refractivity contribution in [3.8, 4) is 11.5 Å². The number of aromatic amines is 1. The van der Waals surface area contributed by atoms with Gasteiger partial charge in [0.2, 0.25) is 0 Å². The number of fused-ring (bicyclic) bond motifs is 3. The molecular formula is C24H28N4O4S. The molecule has 0 bridgehead atoms. The number of amides is 1. The van der Waals surface area contributed by atoms with Crippen molar-refractivity contribution in [1.29, 1.82) is 0 Å². The van der Waals surface area contributed by atoms with Crippen LogP contribution in [0.1, 0.15) is 39.5 Å². The lowest BCUT2D eigenvalue weighted by Crippen LogP contribution is -2.48. The first-order chi connectivity index (χ1) is 16.1. The molecule has 1 saturated heterocycles. The second-order valence-electron chi connectivity index (χ2n) is 8.54. The molecule has 1 N–H and O–H groups in total. The fourth-order valence-corrected chi connectivity index (χ4v) is 6.03. The Bertz CT molecular complexity index is 1240. The number of nitrogens with zero attached hydrogens (tertiary/aromatic N) is 3. The van der Waals surface area contributed by atoms with Gasteiger partial charge in [-0.15, -0.1) is 11.3 Å². The van der Waals surface area contributed by atoms with Gasteiger partial charge in [-0.2, -0.15) is 0 Å². The molecule has 3 aromatic rings. The Labute approximate surface area is 196 Å². The van der Waals surface area contributed by atoms with E-state index < -0.39 is 0 Å². The van der Waals surface area contributed by atoms with Crippen molar-refractivity contribution in [3.63, 3.8) is 0 Å². The van der Waals surface area contributed by atoms with Crippen LogP contribution in [0.3, 0.4) is 0 Å². The summed E-state index contributed by atoms with van der Waals surface area (Å²) in [5, 5.41) is 0.794. The van der Waals surface area contributed by atoms with E-state index in [1.54, 1.807) is 43.8 Å². The van der Waals surface area contributed by atoms with Gasteiger partial charge in [-0.05, 0) is 43.4 Å². The number of H-pyrrole nitrogens is 1. The molecule has 8 nitrogen and oxygen atoms in total. The van der Waals surface area contributed by atoms with E-state index in [9.17, 15) is 9.59 Å². The van der Waals surface area contributed by atoms with Crippen LogP contribution in [0, 0.1) is 0 Å². The fraction of sp³-hybridized carbons (Fsp3) is 0.458. The number of ether oxygens (including phenoxy) is 2. The molecule has 0 spiro atoms. The van der Waals surface area contributed by atoms with Crippen LogP contribution in [-0.2, 0) is 19.4 Å². The largest absolute Gasteiger partial charge is 0.497 e. The summed E-state index contributed by atoms with van der Waals surface area (Å²) in [6.45, 7) is 3.21. The molecule has 1 fully saturated rings. The van der Waals surface area contributed by atoms with Crippen LogP contribution in [0.4, 0.5) is 0 Å². The van der Waals surface area contributed by atoms with E-state index in [-0.39, 0.29) is 11.5 Å². The van der Waals surface area contributed by atoms with Gasteiger partial charge in [-0.1, -0.05) is 0 Å². The van der Waals surface area contributed by atoms with Gasteiger partial charge in [-0.3, -0.25) is 14.5 Å². The zero-order valence-electron chi connectivity index (χ0n) is 19.0. The Morgan fingerprint density at radius 1 is 1.12 bits per heavy atom. The summed E-state index contributed by atoms with van der Waals surface area (Å²) < 4.78 is 10.6. The third-order valence-corrected chi connectivity index (χ3v) is 7.73. The van der Waals surface area contributed by atoms with Crippen molar-refractivity contribution in [1.82, 2.24) is 19.8 Å². The van der Waals surface area contributed by atoms with Gasteiger partial charge in [0.1, 0.15) is 22.2 Å². The van der Waals surface area contributed by atoms with Crippen molar-refractivity contribution in [3.05, 3.63) is 50.4 Å². The van der Waals surface area contributed by atoms with Crippen LogP contribution in [0.5, 0.6) is 11.5 Å². The van der Waals surface area contributed by atoms with Crippen molar-refractivity contribution >= 4 is 27.5 Å². The fourth-order valence-electron chi connectivity index (χ4n) is 4.75. The van der Waals surface area contributed by atoms with E-state index in [1.165, 1.54) is 16.9 Å². The standard InChI is InChI=1S/C24H28N4O4S/c1-31-15-7-8-16(18(13-15)32-2)24(30)28-11-9-27(10-12-28)14-20-25-22(29)21-17-5-3-4-6-19(17)33-23(21)26-20/h7-8,13H,3-6,9-12,14H2,1-2H3,(H,25,26,29). The first-order valence-corrected chi connectivity index (χ1v) is 12.2. The maximum atomic E-state index is 13.1. The lowest BCUT2D eigenvalue weighted by molar-refractivity contribution is 0.0622. The van der Waals surface area contributed by atoms with E-state index in [2.05, 4.69) is 9.88 Å². The number of methoxy groups -OCH3 is 2. The maximum absolute atomic E-state index is 13.1. The highest BCUT2D eigenvalue weighted by Gasteiger charge is 2.26. The number of benzene rings is 1. The van der Waals surface area contributed by atoms with Crippen LogP contribution in [0.2, 0.25) is 0 Å². The third kappa shape index (κ3) is 4.22. The summed E-state index contributed by atoms with van der Waals surface area (Å²) in [6.07, 6.45) is 4.37. The Balaban J connectivity index is 1.26. The van der Waals surface area contributed by atoms with E-state index in [1.807, 2.05) is 4.90 Å². The number of hydrogen-bond donors (Lipinski definition) is 1. The van der Waals surface area contributed by atoms with Crippen molar-refractivity contribution in [2.45, 2.75) is 32.2 Å². The average Bonchev–Trinajstić information content (AvgIpc) is 3.22. The second-order valence-corrected chi connectivity index (χ2v) is 9.62. The molecule has 9 heteroatoms. The second kappa shape index (κ2) is 9.15. The normalized spacial score (nSPS) is 16.6. The smallest absolute Gasteiger partial charge is 0.259 e. The van der Waals surface area contributed by atoms with Gasteiger partial charge in [0.25, 0.3) is 11.5 Å². The Kier molecular flexibility index (Phi) is 6.07. The predicted octanol–water partition coefficient (Wildman–Crippen LogP) is 2.84. The van der Waals surface area contributed by atoms with E-state index >= 15 is 0 Å². The minimum Gasteiger partial charge on any atom is -0.497 e. The molecule has 174 valence electrons. The first kappa shape index (κ1) is 21.9. The SMILES string of the molecule is COc1ccc(C(=O)N2CCN(Cc3nc4sc5c(c4c(=O)[nH]3)CCCC5)CC2)c(OC)c1. The monoisotopic (exact) mass is 468 g/mol. The molecule has 3 heterocycles. The summed E-state index contributed by atoms with van der Waals surface area (Å²) in [5.74, 6) is 1.81.